The van der Waals surface area contributed by atoms with E-state index in [0.29, 0.717) is 24.4 Å². The number of carbonyl (C=O) groups is 2. The van der Waals surface area contributed by atoms with E-state index in [0.717, 1.165) is 16.7 Å². The van der Waals surface area contributed by atoms with Crippen LogP contribution in [-0.2, 0) is 20.8 Å². The van der Waals surface area contributed by atoms with Crippen molar-refractivity contribution in [3.8, 4) is 0 Å². The van der Waals surface area contributed by atoms with Crippen molar-refractivity contribution in [2.45, 2.75) is 65.3 Å². The summed E-state index contributed by atoms with van der Waals surface area (Å²) >= 11 is 0. The van der Waals surface area contributed by atoms with Crippen molar-refractivity contribution in [2.75, 3.05) is 12.3 Å². The molecule has 0 fully saturated rings. The number of nitrogens with zero attached hydrogens (tertiary/aromatic N) is 1. The Balaban J connectivity index is 2.06. The zero-order chi connectivity index (χ0) is 27.0. The minimum absolute atomic E-state index is 0.0363. The summed E-state index contributed by atoms with van der Waals surface area (Å²) in [6.45, 7) is 10.3. The zero-order valence-electron chi connectivity index (χ0n) is 22.4. The van der Waals surface area contributed by atoms with E-state index >= 15 is 0 Å². The van der Waals surface area contributed by atoms with Gasteiger partial charge in [0.15, 0.2) is 0 Å². The number of nitrogen functional groups attached to an aromatic ring is 1. The first kappa shape index (κ1) is 27.9. The predicted molar refractivity (Wildman–Crippen MR) is 147 cm³/mol. The third-order valence-corrected chi connectivity index (χ3v) is 6.13. The van der Waals surface area contributed by atoms with Crippen molar-refractivity contribution in [3.63, 3.8) is 0 Å². The number of rotatable bonds is 10. The van der Waals surface area contributed by atoms with E-state index in [9.17, 15) is 9.59 Å². The number of hydrogen-bond acceptors (Lipinski definition) is 6. The molecule has 3 aromatic carbocycles. The number of ether oxygens (including phenoxy) is 2. The smallest absolute Gasteiger partial charge is 0.338 e. The molecular weight excluding hydrogens is 464 g/mol. The van der Waals surface area contributed by atoms with Crippen LogP contribution in [0.4, 0.5) is 5.69 Å². The van der Waals surface area contributed by atoms with Gasteiger partial charge in [0.1, 0.15) is 5.60 Å². The van der Waals surface area contributed by atoms with Crippen LogP contribution in [0, 0.1) is 0 Å². The van der Waals surface area contributed by atoms with Gasteiger partial charge in [-0.3, -0.25) is 9.69 Å². The summed E-state index contributed by atoms with van der Waals surface area (Å²) in [5.41, 5.74) is 9.74. The SMILES string of the molecule is CCOC(=O)C[C@H](c1ccc(C(=O)OC(C)(C)C)cc1N)N(Cc1ccccc1)[C@@H](C)c1ccccc1. The summed E-state index contributed by atoms with van der Waals surface area (Å²) < 4.78 is 10.9. The Morgan fingerprint density at radius 2 is 1.57 bits per heavy atom. The lowest BCUT2D eigenvalue weighted by Gasteiger charge is -2.37. The lowest BCUT2D eigenvalue weighted by Crippen LogP contribution is -2.33. The summed E-state index contributed by atoms with van der Waals surface area (Å²) in [5, 5.41) is 0. The fourth-order valence-electron chi connectivity index (χ4n) is 4.36. The summed E-state index contributed by atoms with van der Waals surface area (Å²) in [4.78, 5) is 27.7. The second-order valence-electron chi connectivity index (χ2n) is 10.1. The summed E-state index contributed by atoms with van der Waals surface area (Å²) in [7, 11) is 0. The normalized spacial score (nSPS) is 13.1. The highest BCUT2D eigenvalue weighted by molar-refractivity contribution is 5.91. The van der Waals surface area contributed by atoms with Crippen LogP contribution in [0.1, 0.15) is 80.2 Å². The van der Waals surface area contributed by atoms with Crippen molar-refractivity contribution in [3.05, 3.63) is 101 Å². The molecule has 6 heteroatoms. The summed E-state index contributed by atoms with van der Waals surface area (Å²) in [6.07, 6.45) is 0.119. The zero-order valence-corrected chi connectivity index (χ0v) is 22.4. The molecule has 2 N–H and O–H groups in total. The molecule has 3 rings (SSSR count). The van der Waals surface area contributed by atoms with Crippen LogP contribution in [0.3, 0.4) is 0 Å². The first-order valence-electron chi connectivity index (χ1n) is 12.7. The van der Waals surface area contributed by atoms with Gasteiger partial charge in [0.25, 0.3) is 0 Å². The van der Waals surface area contributed by atoms with Gasteiger partial charge in [0.2, 0.25) is 0 Å². The minimum Gasteiger partial charge on any atom is -0.466 e. The second-order valence-corrected chi connectivity index (χ2v) is 10.1. The molecule has 3 aromatic rings. The maximum absolute atomic E-state index is 12.8. The average molecular weight is 503 g/mol. The topological polar surface area (TPSA) is 81.9 Å². The second kappa shape index (κ2) is 12.5. The molecule has 0 aromatic heterocycles. The van der Waals surface area contributed by atoms with Crippen LogP contribution in [0.5, 0.6) is 0 Å². The van der Waals surface area contributed by atoms with Gasteiger partial charge in [-0.25, -0.2) is 4.79 Å². The Hall–Kier alpha value is -3.64. The Morgan fingerprint density at radius 1 is 0.946 bits per heavy atom. The van der Waals surface area contributed by atoms with E-state index in [1.807, 2.05) is 63.2 Å². The molecule has 0 aliphatic heterocycles. The van der Waals surface area contributed by atoms with Gasteiger partial charge < -0.3 is 15.2 Å². The van der Waals surface area contributed by atoms with Crippen molar-refractivity contribution in [2.24, 2.45) is 0 Å². The number of carbonyl (C=O) groups excluding carboxylic acids is 2. The quantitative estimate of drug-likeness (QED) is 0.252. The number of esters is 2. The largest absolute Gasteiger partial charge is 0.466 e. The molecular formula is C31H38N2O4. The van der Waals surface area contributed by atoms with Crippen LogP contribution >= 0.6 is 0 Å². The molecule has 0 unspecified atom stereocenters. The van der Waals surface area contributed by atoms with Crippen LogP contribution in [0.25, 0.3) is 0 Å². The molecule has 6 nitrogen and oxygen atoms in total. The maximum Gasteiger partial charge on any atom is 0.338 e. The maximum atomic E-state index is 12.8. The van der Waals surface area contributed by atoms with Gasteiger partial charge in [0.05, 0.1) is 18.6 Å². The van der Waals surface area contributed by atoms with Gasteiger partial charge in [0, 0.05) is 24.3 Å². The molecule has 0 saturated carbocycles. The van der Waals surface area contributed by atoms with Crippen molar-refractivity contribution in [1.82, 2.24) is 4.90 Å². The molecule has 0 aliphatic rings. The van der Waals surface area contributed by atoms with E-state index in [4.69, 9.17) is 15.2 Å². The van der Waals surface area contributed by atoms with Crippen molar-refractivity contribution in [1.29, 1.82) is 0 Å². The number of anilines is 1. The Labute approximate surface area is 220 Å². The highest BCUT2D eigenvalue weighted by Gasteiger charge is 2.31. The van der Waals surface area contributed by atoms with Crippen LogP contribution in [-0.4, -0.2) is 29.0 Å². The van der Waals surface area contributed by atoms with Crippen molar-refractivity contribution >= 4 is 17.6 Å². The summed E-state index contributed by atoms with van der Waals surface area (Å²) in [6, 6.07) is 25.1. The lowest BCUT2D eigenvalue weighted by atomic mass is 9.94. The van der Waals surface area contributed by atoms with Gasteiger partial charge in [-0.2, -0.15) is 0 Å². The monoisotopic (exact) mass is 502 g/mol. The lowest BCUT2D eigenvalue weighted by molar-refractivity contribution is -0.145. The van der Waals surface area contributed by atoms with Gasteiger partial charge >= 0.3 is 11.9 Å². The molecule has 0 amide bonds. The number of benzene rings is 3. The molecule has 0 aliphatic carbocycles. The van der Waals surface area contributed by atoms with Crippen LogP contribution in [0.15, 0.2) is 78.9 Å². The van der Waals surface area contributed by atoms with E-state index in [1.54, 1.807) is 19.1 Å². The fourth-order valence-corrected chi connectivity index (χ4v) is 4.36. The first-order valence-corrected chi connectivity index (χ1v) is 12.7. The fraction of sp³-hybridized carbons (Fsp3) is 0.355. The van der Waals surface area contributed by atoms with E-state index in [1.165, 1.54) is 0 Å². The third kappa shape index (κ3) is 7.92. The standard InChI is InChI=1S/C31H38N2O4/c1-6-36-29(34)20-28(26-18-17-25(19-27(26)32)30(35)37-31(3,4)5)33(21-23-13-9-7-10-14-23)22(2)24-15-11-8-12-16-24/h7-19,22,28H,6,20-21,32H2,1-5H3/t22-,28+/m0/s1. The number of nitrogens with two attached hydrogens (primary N) is 1. The third-order valence-electron chi connectivity index (χ3n) is 6.13. The van der Waals surface area contributed by atoms with Crippen LogP contribution in [0.2, 0.25) is 0 Å². The molecule has 0 radical (unpaired) electrons. The number of hydrogen-bond donors (Lipinski definition) is 1. The van der Waals surface area contributed by atoms with Crippen LogP contribution < -0.4 is 5.73 Å². The van der Waals surface area contributed by atoms with E-state index < -0.39 is 11.6 Å². The van der Waals surface area contributed by atoms with Gasteiger partial charge in [-0.05, 0) is 63.4 Å². The van der Waals surface area contributed by atoms with Crippen molar-refractivity contribution < 1.29 is 19.1 Å². The molecule has 0 heterocycles. The van der Waals surface area contributed by atoms with E-state index in [-0.39, 0.29) is 24.5 Å². The minimum atomic E-state index is -0.617. The first-order chi connectivity index (χ1) is 17.6. The molecule has 196 valence electrons. The summed E-state index contributed by atoms with van der Waals surface area (Å²) in [5.74, 6) is -0.743. The van der Waals surface area contributed by atoms with E-state index in [2.05, 4.69) is 36.1 Å². The molecule has 37 heavy (non-hydrogen) atoms. The van der Waals surface area contributed by atoms with Gasteiger partial charge in [-0.15, -0.1) is 0 Å². The Kier molecular flexibility index (Phi) is 9.48. The Bertz CT molecular complexity index is 1170. The molecule has 0 spiro atoms. The molecule has 0 saturated heterocycles. The molecule has 2 atom stereocenters. The highest BCUT2D eigenvalue weighted by atomic mass is 16.6. The molecule has 0 bridgehead atoms. The predicted octanol–water partition coefficient (Wildman–Crippen LogP) is 6.48. The highest BCUT2D eigenvalue weighted by Crippen LogP contribution is 2.37. The average Bonchev–Trinajstić information content (AvgIpc) is 2.86. The Morgan fingerprint density at radius 3 is 2.14 bits per heavy atom. The van der Waals surface area contributed by atoms with Gasteiger partial charge in [-0.1, -0.05) is 66.7 Å².